The molecule has 0 radical (unpaired) electrons. The summed E-state index contributed by atoms with van der Waals surface area (Å²) in [5.41, 5.74) is 1.17. The van der Waals surface area contributed by atoms with Crippen LogP contribution in [0.5, 0.6) is 0 Å². The Bertz CT molecular complexity index is 377. The van der Waals surface area contributed by atoms with E-state index >= 15 is 0 Å². The van der Waals surface area contributed by atoms with Crippen LogP contribution in [0.1, 0.15) is 24.8 Å². The number of aliphatic hydroxyl groups excluding tert-OH is 1. The Morgan fingerprint density at radius 3 is 2.89 bits per heavy atom. The fraction of sp³-hybridized carbons (Fsp3) is 0.500. The summed E-state index contributed by atoms with van der Waals surface area (Å²) in [6.45, 7) is 4.84. The molecule has 19 heavy (non-hydrogen) atoms. The molecule has 0 aromatic heterocycles. The number of hydrogen-bond donors (Lipinski definition) is 1. The summed E-state index contributed by atoms with van der Waals surface area (Å²) in [6, 6.07) is 10.1. The van der Waals surface area contributed by atoms with Crippen LogP contribution in [0.4, 0.5) is 0 Å². The molecule has 1 aromatic rings. The van der Waals surface area contributed by atoms with E-state index < -0.39 is 6.10 Å². The third-order valence-electron chi connectivity index (χ3n) is 3.39. The number of aliphatic hydroxyl groups is 1. The van der Waals surface area contributed by atoms with Gasteiger partial charge < -0.3 is 14.6 Å². The Kier molecular flexibility index (Phi) is 5.58. The van der Waals surface area contributed by atoms with Crippen LogP contribution >= 0.6 is 0 Å². The van der Waals surface area contributed by atoms with Crippen molar-refractivity contribution in [1.29, 1.82) is 0 Å². The van der Waals surface area contributed by atoms with Crippen molar-refractivity contribution in [3.8, 4) is 0 Å². The van der Waals surface area contributed by atoms with Crippen molar-refractivity contribution in [2.45, 2.75) is 44.2 Å². The summed E-state index contributed by atoms with van der Waals surface area (Å²) < 4.78 is 11.5. The topological polar surface area (TPSA) is 38.7 Å². The second-order valence-corrected chi connectivity index (χ2v) is 4.97. The van der Waals surface area contributed by atoms with E-state index in [0.29, 0.717) is 19.6 Å². The van der Waals surface area contributed by atoms with Gasteiger partial charge in [0.1, 0.15) is 0 Å². The molecule has 0 unspecified atom stereocenters. The van der Waals surface area contributed by atoms with E-state index in [1.54, 1.807) is 6.08 Å². The standard InChI is InChI=1S/C16H22O3/c1-2-6-15(17)16-10-9-14(19-16)12-18-11-13-7-4-3-5-8-13/h2-5,7-8,14-17H,1,6,9-12H2/t14-,15+,16+/m1/s1. The van der Waals surface area contributed by atoms with Gasteiger partial charge in [0.05, 0.1) is 31.5 Å². The summed E-state index contributed by atoms with van der Waals surface area (Å²) in [4.78, 5) is 0. The lowest BCUT2D eigenvalue weighted by Crippen LogP contribution is -2.27. The molecule has 1 saturated heterocycles. The minimum Gasteiger partial charge on any atom is -0.390 e. The van der Waals surface area contributed by atoms with Gasteiger partial charge in [-0.15, -0.1) is 6.58 Å². The molecular weight excluding hydrogens is 240 g/mol. The highest BCUT2D eigenvalue weighted by Gasteiger charge is 2.29. The van der Waals surface area contributed by atoms with Crippen LogP contribution in [0.3, 0.4) is 0 Å². The maximum atomic E-state index is 9.83. The van der Waals surface area contributed by atoms with Crippen molar-refractivity contribution in [2.75, 3.05) is 6.61 Å². The molecule has 1 N–H and O–H groups in total. The lowest BCUT2D eigenvalue weighted by atomic mass is 10.1. The van der Waals surface area contributed by atoms with E-state index in [9.17, 15) is 5.11 Å². The Morgan fingerprint density at radius 2 is 2.16 bits per heavy atom. The van der Waals surface area contributed by atoms with E-state index in [0.717, 1.165) is 12.8 Å². The van der Waals surface area contributed by atoms with E-state index in [1.165, 1.54) is 5.56 Å². The first-order valence-electron chi connectivity index (χ1n) is 6.85. The van der Waals surface area contributed by atoms with Gasteiger partial charge in [-0.2, -0.15) is 0 Å². The molecule has 1 heterocycles. The summed E-state index contributed by atoms with van der Waals surface area (Å²) in [6.07, 6.45) is 3.77. The van der Waals surface area contributed by atoms with Crippen LogP contribution < -0.4 is 0 Å². The molecule has 3 nitrogen and oxygen atoms in total. The Labute approximate surface area is 114 Å². The molecule has 104 valence electrons. The van der Waals surface area contributed by atoms with Crippen molar-refractivity contribution in [1.82, 2.24) is 0 Å². The molecule has 0 bridgehead atoms. The highest BCUT2D eigenvalue weighted by Crippen LogP contribution is 2.24. The Morgan fingerprint density at radius 1 is 1.37 bits per heavy atom. The predicted molar refractivity (Wildman–Crippen MR) is 74.8 cm³/mol. The summed E-state index contributed by atoms with van der Waals surface area (Å²) in [5, 5.41) is 9.83. The molecule has 1 fully saturated rings. The fourth-order valence-corrected chi connectivity index (χ4v) is 2.34. The minimum atomic E-state index is -0.434. The third-order valence-corrected chi connectivity index (χ3v) is 3.39. The van der Waals surface area contributed by atoms with Gasteiger partial charge in [0.25, 0.3) is 0 Å². The lowest BCUT2D eigenvalue weighted by molar-refractivity contribution is -0.0617. The van der Waals surface area contributed by atoms with Crippen molar-refractivity contribution in [2.24, 2.45) is 0 Å². The zero-order chi connectivity index (χ0) is 13.5. The molecule has 0 amide bonds. The Balaban J connectivity index is 1.66. The monoisotopic (exact) mass is 262 g/mol. The number of benzene rings is 1. The molecule has 0 saturated carbocycles. The van der Waals surface area contributed by atoms with Crippen molar-refractivity contribution in [3.05, 3.63) is 48.6 Å². The molecule has 1 aliphatic rings. The van der Waals surface area contributed by atoms with Gasteiger partial charge in [-0.05, 0) is 24.8 Å². The largest absolute Gasteiger partial charge is 0.390 e. The van der Waals surface area contributed by atoms with Crippen LogP contribution in [0.2, 0.25) is 0 Å². The van der Waals surface area contributed by atoms with Crippen LogP contribution in [0.15, 0.2) is 43.0 Å². The first-order chi connectivity index (χ1) is 9.29. The van der Waals surface area contributed by atoms with Gasteiger partial charge in [-0.25, -0.2) is 0 Å². The van der Waals surface area contributed by atoms with E-state index in [-0.39, 0.29) is 12.2 Å². The van der Waals surface area contributed by atoms with E-state index in [2.05, 4.69) is 6.58 Å². The lowest BCUT2D eigenvalue weighted by Gasteiger charge is -2.18. The van der Waals surface area contributed by atoms with E-state index in [4.69, 9.17) is 9.47 Å². The molecule has 1 aromatic carbocycles. The van der Waals surface area contributed by atoms with Crippen molar-refractivity contribution < 1.29 is 14.6 Å². The average Bonchev–Trinajstić information content (AvgIpc) is 2.89. The molecule has 1 aliphatic heterocycles. The zero-order valence-corrected chi connectivity index (χ0v) is 11.2. The maximum absolute atomic E-state index is 9.83. The average molecular weight is 262 g/mol. The van der Waals surface area contributed by atoms with Crippen LogP contribution in [0, 0.1) is 0 Å². The summed E-state index contributed by atoms with van der Waals surface area (Å²) in [5.74, 6) is 0. The molecule has 3 atom stereocenters. The SMILES string of the molecule is C=CC[C@H](O)[C@@H]1CC[C@H](COCc2ccccc2)O1. The molecule has 0 aliphatic carbocycles. The second kappa shape index (κ2) is 7.43. The molecular formula is C16H22O3. The summed E-state index contributed by atoms with van der Waals surface area (Å²) >= 11 is 0. The quantitative estimate of drug-likeness (QED) is 0.768. The first kappa shape index (κ1) is 14.3. The van der Waals surface area contributed by atoms with Gasteiger partial charge in [-0.1, -0.05) is 36.4 Å². The van der Waals surface area contributed by atoms with Crippen molar-refractivity contribution in [3.63, 3.8) is 0 Å². The fourth-order valence-electron chi connectivity index (χ4n) is 2.34. The van der Waals surface area contributed by atoms with Gasteiger partial charge in [0.2, 0.25) is 0 Å². The van der Waals surface area contributed by atoms with Gasteiger partial charge >= 0.3 is 0 Å². The Hall–Kier alpha value is -1.16. The van der Waals surface area contributed by atoms with E-state index in [1.807, 2.05) is 30.3 Å². The number of rotatable bonds is 7. The second-order valence-electron chi connectivity index (χ2n) is 4.97. The van der Waals surface area contributed by atoms with Crippen LogP contribution in [0.25, 0.3) is 0 Å². The predicted octanol–water partition coefficient (Wildman–Crippen LogP) is 2.69. The van der Waals surface area contributed by atoms with Crippen LogP contribution in [-0.2, 0) is 16.1 Å². The maximum Gasteiger partial charge on any atom is 0.0842 e. The highest BCUT2D eigenvalue weighted by atomic mass is 16.5. The molecule has 2 rings (SSSR count). The van der Waals surface area contributed by atoms with Gasteiger partial charge in [0.15, 0.2) is 0 Å². The van der Waals surface area contributed by atoms with Crippen molar-refractivity contribution >= 4 is 0 Å². The minimum absolute atomic E-state index is 0.0664. The summed E-state index contributed by atoms with van der Waals surface area (Å²) in [7, 11) is 0. The normalized spacial score (nSPS) is 24.3. The number of ether oxygens (including phenoxy) is 2. The number of hydrogen-bond acceptors (Lipinski definition) is 3. The van der Waals surface area contributed by atoms with Gasteiger partial charge in [-0.3, -0.25) is 0 Å². The van der Waals surface area contributed by atoms with Crippen LogP contribution in [-0.4, -0.2) is 30.0 Å². The first-order valence-corrected chi connectivity index (χ1v) is 6.85. The smallest absolute Gasteiger partial charge is 0.0842 e. The third kappa shape index (κ3) is 4.46. The molecule has 0 spiro atoms. The zero-order valence-electron chi connectivity index (χ0n) is 11.2. The molecule has 3 heteroatoms. The van der Waals surface area contributed by atoms with Gasteiger partial charge in [0, 0.05) is 0 Å². The highest BCUT2D eigenvalue weighted by molar-refractivity contribution is 5.13.